The van der Waals surface area contributed by atoms with Gasteiger partial charge in [-0.05, 0) is 54.0 Å². The quantitative estimate of drug-likeness (QED) is 0.103. The number of amides is 4. The normalized spacial score (nSPS) is 17.3. The molecular formula is C44H44N8O6S. The Kier molecular flexibility index (Phi) is 11.5. The van der Waals surface area contributed by atoms with Gasteiger partial charge in [0, 0.05) is 28.9 Å². The van der Waals surface area contributed by atoms with E-state index in [-0.39, 0.29) is 23.9 Å². The topological polar surface area (TPSA) is 175 Å². The van der Waals surface area contributed by atoms with Gasteiger partial charge in [-0.1, -0.05) is 84.9 Å². The second kappa shape index (κ2) is 17.4. The number of nitrogens with one attached hydrogen (secondary N) is 4. The highest BCUT2D eigenvalue weighted by Crippen LogP contribution is 2.38. The van der Waals surface area contributed by atoms with E-state index >= 15 is 0 Å². The third kappa shape index (κ3) is 8.32. The van der Waals surface area contributed by atoms with Gasteiger partial charge in [-0.2, -0.15) is 0 Å². The molecular weight excluding hydrogens is 769 g/mol. The summed E-state index contributed by atoms with van der Waals surface area (Å²) in [6.45, 7) is 1.10. The molecule has 0 aliphatic carbocycles. The molecule has 3 aromatic carbocycles. The third-order valence-corrected chi connectivity index (χ3v) is 11.9. The summed E-state index contributed by atoms with van der Waals surface area (Å²) in [4.78, 5) is 73.3. The van der Waals surface area contributed by atoms with Crippen molar-refractivity contribution in [2.45, 2.75) is 49.9 Å². The Morgan fingerprint density at radius 3 is 1.59 bits per heavy atom. The monoisotopic (exact) mass is 812 g/mol. The van der Waals surface area contributed by atoms with Gasteiger partial charge < -0.3 is 39.9 Å². The predicted molar refractivity (Wildman–Crippen MR) is 222 cm³/mol. The van der Waals surface area contributed by atoms with Crippen LogP contribution in [0, 0.1) is 0 Å². The first-order valence-electron chi connectivity index (χ1n) is 19.5. The Morgan fingerprint density at radius 1 is 0.661 bits per heavy atom. The van der Waals surface area contributed by atoms with Crippen molar-refractivity contribution in [1.82, 2.24) is 40.4 Å². The molecule has 0 saturated carbocycles. The smallest absolute Gasteiger partial charge is 0.407 e. The number of carbonyl (C=O) groups excluding carboxylic acids is 4. The maximum Gasteiger partial charge on any atom is 0.407 e. The van der Waals surface area contributed by atoms with E-state index < -0.39 is 24.3 Å². The molecule has 8 rings (SSSR count). The largest absolute Gasteiger partial charge is 0.453 e. The van der Waals surface area contributed by atoms with Crippen LogP contribution in [-0.2, 0) is 19.1 Å². The number of likely N-dealkylation sites (tertiary alicyclic amines) is 2. The number of aromatic nitrogens is 4. The van der Waals surface area contributed by atoms with Crippen molar-refractivity contribution in [1.29, 1.82) is 0 Å². The number of carbonyl (C=O) groups is 4. The fourth-order valence-electron chi connectivity index (χ4n) is 7.93. The maximum absolute atomic E-state index is 13.9. The molecule has 0 radical (unpaired) electrons. The van der Waals surface area contributed by atoms with Gasteiger partial charge >= 0.3 is 12.2 Å². The third-order valence-electron chi connectivity index (χ3n) is 10.9. The zero-order valence-corrected chi connectivity index (χ0v) is 33.4. The van der Waals surface area contributed by atoms with Gasteiger partial charge in [-0.3, -0.25) is 9.59 Å². The van der Waals surface area contributed by atoms with Crippen molar-refractivity contribution in [2.75, 3.05) is 27.3 Å². The van der Waals surface area contributed by atoms with Gasteiger partial charge in [0.2, 0.25) is 0 Å². The van der Waals surface area contributed by atoms with E-state index in [1.807, 2.05) is 72.8 Å². The van der Waals surface area contributed by atoms with Crippen LogP contribution in [0.4, 0.5) is 9.59 Å². The van der Waals surface area contributed by atoms with E-state index in [9.17, 15) is 19.2 Å². The highest BCUT2D eigenvalue weighted by atomic mass is 32.1. The molecule has 59 heavy (non-hydrogen) atoms. The molecule has 0 unspecified atom stereocenters. The maximum atomic E-state index is 13.9. The number of imidazole rings is 2. The summed E-state index contributed by atoms with van der Waals surface area (Å²) in [6, 6.07) is 26.4. The highest BCUT2D eigenvalue weighted by molar-refractivity contribution is 7.14. The van der Waals surface area contributed by atoms with Crippen molar-refractivity contribution in [3.05, 3.63) is 132 Å². The minimum absolute atomic E-state index is 0.215. The Bertz CT molecular complexity index is 2410. The molecule has 5 heterocycles. The molecule has 6 aromatic rings. The van der Waals surface area contributed by atoms with Gasteiger partial charge in [-0.25, -0.2) is 19.6 Å². The van der Waals surface area contributed by atoms with Crippen LogP contribution in [0.3, 0.4) is 0 Å². The fourth-order valence-corrected chi connectivity index (χ4v) is 8.85. The molecule has 0 bridgehead atoms. The number of hydrogen-bond acceptors (Lipinski definition) is 9. The van der Waals surface area contributed by atoms with E-state index in [0.29, 0.717) is 35.9 Å². The van der Waals surface area contributed by atoms with Crippen molar-refractivity contribution in [3.63, 3.8) is 0 Å². The summed E-state index contributed by atoms with van der Waals surface area (Å²) in [6.07, 6.45) is 5.37. The van der Waals surface area contributed by atoms with Crippen LogP contribution in [0.15, 0.2) is 109 Å². The predicted octanol–water partition coefficient (Wildman–Crippen LogP) is 7.72. The van der Waals surface area contributed by atoms with Gasteiger partial charge in [0.25, 0.3) is 11.8 Å². The second-order valence-corrected chi connectivity index (χ2v) is 15.4. The van der Waals surface area contributed by atoms with Gasteiger partial charge in [-0.15, -0.1) is 11.3 Å². The van der Waals surface area contributed by atoms with Crippen LogP contribution >= 0.6 is 11.3 Å². The number of H-pyrrole nitrogens is 2. The summed E-state index contributed by atoms with van der Waals surface area (Å²) >= 11 is 1.63. The van der Waals surface area contributed by atoms with Crippen molar-refractivity contribution < 1.29 is 28.7 Å². The first kappa shape index (κ1) is 39.1. The number of ether oxygens (including phenoxy) is 2. The first-order valence-corrected chi connectivity index (χ1v) is 20.4. The van der Waals surface area contributed by atoms with Crippen LogP contribution < -0.4 is 10.6 Å². The SMILES string of the molecule is COC(=O)N[C@H](C(=O)N1CCC[C@@H]1c1ncc(-c2csc(-c3ccc(-c4cnc([C@@H]5CCCN5C(=O)[C@H](NC(=O)OC)c5ccccc5)[nH]4)cc3)c2)[nH]1)c1ccccc1. The standard InChI is InChI=1S/C44H44N8O6S/c1-57-43(55)49-37(29-11-5-3-6-12-29)41(53)51-21-9-15-34(51)39-45-24-32(47-39)27-17-19-28(20-18-27)36-23-31(26-59-36)33-25-46-40(48-33)35-16-10-22-52(35)42(54)38(50-44(56)58-2)30-13-7-4-8-14-30/h3-8,11-14,17-20,23-26,34-35,37-38H,9-10,15-16,21-22H2,1-2H3,(H,45,47)(H,46,48)(H,49,55)(H,50,56)/t34-,35+,37+,38-/m0/s1. The van der Waals surface area contributed by atoms with Crippen LogP contribution in [0.25, 0.3) is 33.0 Å². The molecule has 3 aromatic heterocycles. The minimum Gasteiger partial charge on any atom is -0.453 e. The van der Waals surface area contributed by atoms with Crippen LogP contribution in [0.1, 0.15) is 72.6 Å². The van der Waals surface area contributed by atoms with E-state index in [1.165, 1.54) is 14.2 Å². The lowest BCUT2D eigenvalue weighted by atomic mass is 10.0. The van der Waals surface area contributed by atoms with Crippen molar-refractivity contribution >= 4 is 35.3 Å². The Labute approximate surface area is 345 Å². The Hall–Kier alpha value is -6.74. The fraction of sp³-hybridized carbons (Fsp3) is 0.273. The lowest BCUT2D eigenvalue weighted by Gasteiger charge is -2.28. The Balaban J connectivity index is 0.940. The molecule has 0 spiro atoms. The zero-order valence-electron chi connectivity index (χ0n) is 32.6. The molecule has 4 amide bonds. The number of thiophene rings is 1. The number of methoxy groups -OCH3 is 2. The molecule has 2 aliphatic heterocycles. The number of rotatable bonds is 11. The summed E-state index contributed by atoms with van der Waals surface area (Å²) < 4.78 is 9.66. The lowest BCUT2D eigenvalue weighted by molar-refractivity contribution is -0.135. The molecule has 15 heteroatoms. The van der Waals surface area contributed by atoms with Gasteiger partial charge in [0.1, 0.15) is 23.7 Å². The summed E-state index contributed by atoms with van der Waals surface area (Å²) in [5.41, 5.74) is 6.05. The molecule has 2 aliphatic rings. The zero-order chi connectivity index (χ0) is 40.9. The van der Waals surface area contributed by atoms with E-state index in [1.54, 1.807) is 33.5 Å². The van der Waals surface area contributed by atoms with Crippen molar-refractivity contribution in [3.8, 4) is 33.0 Å². The van der Waals surface area contributed by atoms with Crippen LogP contribution in [0.2, 0.25) is 0 Å². The number of alkyl carbamates (subject to hydrolysis) is 2. The summed E-state index contributed by atoms with van der Waals surface area (Å²) in [5, 5.41) is 7.51. The number of benzene rings is 3. The molecule has 14 nitrogen and oxygen atoms in total. The molecule has 4 atom stereocenters. The van der Waals surface area contributed by atoms with Crippen LogP contribution in [0.5, 0.6) is 0 Å². The molecule has 302 valence electrons. The van der Waals surface area contributed by atoms with E-state index in [4.69, 9.17) is 19.4 Å². The minimum atomic E-state index is -0.885. The molecule has 2 saturated heterocycles. The van der Waals surface area contributed by atoms with Crippen LogP contribution in [-0.4, -0.2) is 81.0 Å². The molecule has 4 N–H and O–H groups in total. The first-order chi connectivity index (χ1) is 28.8. The average molecular weight is 813 g/mol. The number of hydrogen-bond donors (Lipinski definition) is 4. The molecule has 2 fully saturated rings. The number of aromatic amines is 2. The second-order valence-electron chi connectivity index (χ2n) is 14.5. The average Bonchev–Trinajstić information content (AvgIpc) is 4.13. The summed E-state index contributed by atoms with van der Waals surface area (Å²) in [5.74, 6) is 0.962. The van der Waals surface area contributed by atoms with Gasteiger partial charge in [0.05, 0.1) is 50.1 Å². The Morgan fingerprint density at radius 2 is 1.12 bits per heavy atom. The van der Waals surface area contributed by atoms with E-state index in [0.717, 1.165) is 58.6 Å². The highest BCUT2D eigenvalue weighted by Gasteiger charge is 2.38. The summed E-state index contributed by atoms with van der Waals surface area (Å²) in [7, 11) is 2.56. The number of nitrogens with zero attached hydrogens (tertiary/aromatic N) is 4. The van der Waals surface area contributed by atoms with Gasteiger partial charge in [0.15, 0.2) is 0 Å². The van der Waals surface area contributed by atoms with E-state index in [2.05, 4.69) is 44.2 Å². The lowest BCUT2D eigenvalue weighted by Crippen LogP contribution is -2.42. The van der Waals surface area contributed by atoms with Crippen molar-refractivity contribution in [2.24, 2.45) is 0 Å².